The van der Waals surface area contributed by atoms with Crippen LogP contribution in [0.15, 0.2) is 106 Å². The largest absolute Gasteiger partial charge is 0.244 e. The van der Waals surface area contributed by atoms with Gasteiger partial charge in [-0.15, -0.1) is 31.3 Å². The van der Waals surface area contributed by atoms with Crippen molar-refractivity contribution < 1.29 is 8.42 Å². The third-order valence-corrected chi connectivity index (χ3v) is 8.14. The molecule has 1 aromatic heterocycles. The van der Waals surface area contributed by atoms with Gasteiger partial charge in [0, 0.05) is 19.2 Å². The summed E-state index contributed by atoms with van der Waals surface area (Å²) in [5, 5.41) is 8.10. The van der Waals surface area contributed by atoms with Crippen molar-refractivity contribution in [3.63, 3.8) is 0 Å². The second kappa shape index (κ2) is 14.6. The van der Waals surface area contributed by atoms with Gasteiger partial charge in [0.2, 0.25) is 10.0 Å². The standard InChI is InChI=1S/C25H25NO2S3.C2H4/c1-2-8-25(13-6-11-22-9-4-3-5-10-22)31(27,28)26(19-24-15-18-30-21-24)16-14-23-12-7-17-29-20-23;1-2/h1,3-10,13,15,17-18,20-21H,11-12,14,16,19H2;1-2H2/b13-6-,25-8+;. The average molecular weight is 496 g/mol. The van der Waals surface area contributed by atoms with E-state index in [0.29, 0.717) is 25.9 Å². The van der Waals surface area contributed by atoms with Crippen LogP contribution in [-0.4, -0.2) is 19.3 Å². The number of thiophene rings is 1. The first-order chi connectivity index (χ1) is 16.1. The van der Waals surface area contributed by atoms with Gasteiger partial charge in [-0.3, -0.25) is 0 Å². The number of allylic oxidation sites excluding steroid dienone is 4. The van der Waals surface area contributed by atoms with Crippen molar-refractivity contribution >= 4 is 33.1 Å². The summed E-state index contributed by atoms with van der Waals surface area (Å²) in [5.74, 6) is 2.40. The molecule has 0 atom stereocenters. The Balaban J connectivity index is 0.00000187. The van der Waals surface area contributed by atoms with E-state index in [-0.39, 0.29) is 4.91 Å². The Morgan fingerprint density at radius 1 is 1.18 bits per heavy atom. The van der Waals surface area contributed by atoms with E-state index in [1.165, 1.54) is 16.0 Å². The molecular weight excluding hydrogens is 467 g/mol. The highest BCUT2D eigenvalue weighted by atomic mass is 32.2. The fourth-order valence-corrected chi connectivity index (χ4v) is 5.89. The predicted molar refractivity (Wildman–Crippen MR) is 145 cm³/mol. The Kier molecular flexibility index (Phi) is 11.8. The van der Waals surface area contributed by atoms with Gasteiger partial charge < -0.3 is 0 Å². The average Bonchev–Trinajstić information content (AvgIpc) is 3.37. The van der Waals surface area contributed by atoms with E-state index in [9.17, 15) is 8.42 Å². The molecule has 0 fully saturated rings. The van der Waals surface area contributed by atoms with E-state index >= 15 is 0 Å². The van der Waals surface area contributed by atoms with Crippen LogP contribution in [0.4, 0.5) is 0 Å². The third kappa shape index (κ3) is 8.71. The molecule has 2 heterocycles. The van der Waals surface area contributed by atoms with Gasteiger partial charge >= 0.3 is 0 Å². The molecule has 0 aliphatic carbocycles. The molecule has 3 rings (SSSR count). The Hall–Kier alpha value is -2.56. The van der Waals surface area contributed by atoms with E-state index in [1.807, 2.05) is 53.2 Å². The van der Waals surface area contributed by atoms with Gasteiger partial charge in [0.15, 0.2) is 0 Å². The number of hydrogen-bond acceptors (Lipinski definition) is 4. The quantitative estimate of drug-likeness (QED) is 0.204. The van der Waals surface area contributed by atoms with Crippen LogP contribution in [0.2, 0.25) is 0 Å². The monoisotopic (exact) mass is 495 g/mol. The maximum Gasteiger partial charge on any atom is 0.244 e. The Morgan fingerprint density at radius 2 is 1.97 bits per heavy atom. The van der Waals surface area contributed by atoms with Crippen LogP contribution >= 0.6 is 23.1 Å². The Labute approximate surface area is 207 Å². The van der Waals surface area contributed by atoms with Crippen molar-refractivity contribution in [2.45, 2.75) is 25.8 Å². The molecule has 0 saturated carbocycles. The summed E-state index contributed by atoms with van der Waals surface area (Å²) in [4.78, 5) is 0.146. The van der Waals surface area contributed by atoms with Gasteiger partial charge in [-0.25, -0.2) is 8.42 Å². The SMILES string of the molecule is C#C/C=C(\C=C/Cc1ccccc1)S(=O)(=O)N(CCC1=CSC=CC1)Cc1ccsc1.C=C. The molecule has 0 N–H and O–H groups in total. The number of hydrogen-bond donors (Lipinski definition) is 0. The highest BCUT2D eigenvalue weighted by Gasteiger charge is 2.26. The van der Waals surface area contributed by atoms with Crippen molar-refractivity contribution in [3.8, 4) is 12.3 Å². The van der Waals surface area contributed by atoms with Crippen LogP contribution in [0.1, 0.15) is 24.0 Å². The first-order valence-corrected chi connectivity index (χ1v) is 13.8. The first-order valence-electron chi connectivity index (χ1n) is 10.5. The topological polar surface area (TPSA) is 37.4 Å². The molecule has 0 saturated heterocycles. The molecule has 0 unspecified atom stereocenters. The van der Waals surface area contributed by atoms with E-state index in [0.717, 1.165) is 17.5 Å². The predicted octanol–water partition coefficient (Wildman–Crippen LogP) is 6.92. The smallest absolute Gasteiger partial charge is 0.207 e. The van der Waals surface area contributed by atoms with Crippen molar-refractivity contribution in [2.75, 3.05) is 6.54 Å². The Bertz CT molecular complexity index is 1120. The van der Waals surface area contributed by atoms with Crippen molar-refractivity contribution in [1.82, 2.24) is 4.31 Å². The van der Waals surface area contributed by atoms with Crippen LogP contribution in [0.5, 0.6) is 0 Å². The van der Waals surface area contributed by atoms with Gasteiger partial charge in [0.05, 0.1) is 4.91 Å². The minimum atomic E-state index is -3.74. The number of thioether (sulfide) groups is 1. The summed E-state index contributed by atoms with van der Waals surface area (Å²) in [6.07, 6.45) is 14.6. The summed E-state index contributed by atoms with van der Waals surface area (Å²) in [5.41, 5.74) is 3.33. The second-order valence-corrected chi connectivity index (χ2v) is 10.5. The Morgan fingerprint density at radius 3 is 2.61 bits per heavy atom. The number of rotatable bonds is 10. The summed E-state index contributed by atoms with van der Waals surface area (Å²) in [6.45, 7) is 6.74. The van der Waals surface area contributed by atoms with E-state index < -0.39 is 10.0 Å². The van der Waals surface area contributed by atoms with Crippen LogP contribution in [0.3, 0.4) is 0 Å². The maximum atomic E-state index is 13.5. The normalized spacial score (nSPS) is 13.9. The highest BCUT2D eigenvalue weighted by molar-refractivity contribution is 8.05. The molecular formula is C27H29NO2S3. The zero-order valence-corrected chi connectivity index (χ0v) is 21.0. The lowest BCUT2D eigenvalue weighted by atomic mass is 10.1. The van der Waals surface area contributed by atoms with Crippen molar-refractivity contribution in [3.05, 3.63) is 117 Å². The van der Waals surface area contributed by atoms with Gasteiger partial charge in [-0.05, 0) is 64.1 Å². The molecule has 1 aromatic carbocycles. The fraction of sp³-hybridized carbons (Fsp3) is 0.185. The van der Waals surface area contributed by atoms with Gasteiger partial charge in [-0.2, -0.15) is 15.6 Å². The van der Waals surface area contributed by atoms with Crippen molar-refractivity contribution in [2.24, 2.45) is 0 Å². The first kappa shape index (κ1) is 26.7. The van der Waals surface area contributed by atoms with E-state index in [1.54, 1.807) is 29.2 Å². The highest BCUT2D eigenvalue weighted by Crippen LogP contribution is 2.25. The lowest BCUT2D eigenvalue weighted by Crippen LogP contribution is -2.32. The van der Waals surface area contributed by atoms with E-state index in [2.05, 4.69) is 36.0 Å². The van der Waals surface area contributed by atoms with Gasteiger partial charge in [-0.1, -0.05) is 54.0 Å². The van der Waals surface area contributed by atoms with Crippen molar-refractivity contribution in [1.29, 1.82) is 0 Å². The summed E-state index contributed by atoms with van der Waals surface area (Å²) < 4.78 is 28.6. The summed E-state index contributed by atoms with van der Waals surface area (Å²) >= 11 is 3.20. The lowest BCUT2D eigenvalue weighted by Gasteiger charge is -2.23. The third-order valence-electron chi connectivity index (χ3n) is 4.75. The minimum absolute atomic E-state index is 0.146. The molecule has 3 nitrogen and oxygen atoms in total. The van der Waals surface area contributed by atoms with Crippen LogP contribution in [0.25, 0.3) is 0 Å². The molecule has 0 bridgehead atoms. The van der Waals surface area contributed by atoms with Gasteiger partial charge in [0.1, 0.15) is 0 Å². The molecule has 0 radical (unpaired) electrons. The molecule has 172 valence electrons. The molecule has 2 aromatic rings. The lowest BCUT2D eigenvalue weighted by molar-refractivity contribution is 0.414. The molecule has 1 aliphatic heterocycles. The zero-order chi connectivity index (χ0) is 23.9. The number of sulfonamides is 1. The van der Waals surface area contributed by atoms with Crippen LogP contribution < -0.4 is 0 Å². The molecule has 6 heteroatoms. The summed E-state index contributed by atoms with van der Waals surface area (Å²) in [7, 11) is -3.74. The molecule has 1 aliphatic rings. The summed E-state index contributed by atoms with van der Waals surface area (Å²) in [6, 6.07) is 11.9. The number of benzene rings is 1. The molecule has 0 spiro atoms. The van der Waals surface area contributed by atoms with Crippen LogP contribution in [-0.2, 0) is 23.0 Å². The van der Waals surface area contributed by atoms with E-state index in [4.69, 9.17) is 6.42 Å². The zero-order valence-electron chi connectivity index (χ0n) is 18.6. The molecule has 0 amide bonds. The number of nitrogens with zero attached hydrogens (tertiary/aromatic N) is 1. The van der Waals surface area contributed by atoms with Crippen LogP contribution in [0, 0.1) is 12.3 Å². The maximum absolute atomic E-state index is 13.5. The molecule has 33 heavy (non-hydrogen) atoms. The second-order valence-electron chi connectivity index (χ2n) is 7.01. The fourth-order valence-electron chi connectivity index (χ4n) is 3.10. The minimum Gasteiger partial charge on any atom is -0.207 e. The number of terminal acetylenes is 1. The van der Waals surface area contributed by atoms with Gasteiger partial charge in [0.25, 0.3) is 0 Å².